The van der Waals surface area contributed by atoms with Gasteiger partial charge in [-0.15, -0.1) is 10.2 Å². The van der Waals surface area contributed by atoms with Gasteiger partial charge in [-0.25, -0.2) is 0 Å². The van der Waals surface area contributed by atoms with Gasteiger partial charge in [-0.1, -0.05) is 32.0 Å². The third-order valence-electron chi connectivity index (χ3n) is 2.30. The van der Waals surface area contributed by atoms with Crippen molar-refractivity contribution in [3.8, 4) is 0 Å². The Bertz CT molecular complexity index is 355. The fourth-order valence-electron chi connectivity index (χ4n) is 1.04. The highest BCUT2D eigenvalue weighted by Gasteiger charge is 2.19. The van der Waals surface area contributed by atoms with Crippen LogP contribution in [0.25, 0.3) is 0 Å². The number of carbonyl (C=O) groups is 1. The lowest BCUT2D eigenvalue weighted by Gasteiger charge is -2.13. The van der Waals surface area contributed by atoms with E-state index in [1.807, 2.05) is 13.8 Å². The highest BCUT2D eigenvalue weighted by Crippen LogP contribution is 2.23. The van der Waals surface area contributed by atoms with Gasteiger partial charge in [0.25, 0.3) is 5.22 Å². The Labute approximate surface area is 98.2 Å². The first-order valence-electron chi connectivity index (χ1n) is 5.04. The third kappa shape index (κ3) is 3.49. The average molecular weight is 244 g/mol. The Hall–Kier alpha value is -1.08. The van der Waals surface area contributed by atoms with Crippen LogP contribution in [0.5, 0.6) is 0 Å². The van der Waals surface area contributed by atoms with Crippen molar-refractivity contribution >= 4 is 17.7 Å². The van der Waals surface area contributed by atoms with Crippen molar-refractivity contribution < 1.29 is 9.21 Å². The van der Waals surface area contributed by atoms with Crippen LogP contribution in [-0.4, -0.2) is 21.9 Å². The first kappa shape index (κ1) is 13.0. The fourth-order valence-corrected chi connectivity index (χ4v) is 1.55. The van der Waals surface area contributed by atoms with E-state index in [9.17, 15) is 4.79 Å². The molecule has 0 bridgehead atoms. The molecule has 16 heavy (non-hydrogen) atoms. The summed E-state index contributed by atoms with van der Waals surface area (Å²) in [5.41, 5.74) is 10.9. The molecule has 6 nitrogen and oxygen atoms in total. The molecule has 90 valence electrons. The maximum atomic E-state index is 10.6. The van der Waals surface area contributed by atoms with E-state index in [0.29, 0.717) is 11.1 Å². The lowest BCUT2D eigenvalue weighted by molar-refractivity contribution is -0.115. The Morgan fingerprint density at radius 3 is 2.81 bits per heavy atom. The number of nitrogens with two attached hydrogens (primary N) is 2. The number of hydrogen-bond acceptors (Lipinski definition) is 6. The Kier molecular flexibility index (Phi) is 4.75. The molecule has 0 fully saturated rings. The van der Waals surface area contributed by atoms with Crippen LogP contribution in [0.15, 0.2) is 9.64 Å². The van der Waals surface area contributed by atoms with Gasteiger partial charge < -0.3 is 15.9 Å². The molecule has 1 heterocycles. The summed E-state index contributed by atoms with van der Waals surface area (Å²) >= 11 is 1.12. The number of aromatic nitrogens is 2. The van der Waals surface area contributed by atoms with Crippen LogP contribution >= 0.6 is 11.8 Å². The van der Waals surface area contributed by atoms with Crippen LogP contribution < -0.4 is 11.5 Å². The third-order valence-corrected chi connectivity index (χ3v) is 3.14. The molecule has 1 rings (SSSR count). The van der Waals surface area contributed by atoms with Crippen LogP contribution in [0.2, 0.25) is 0 Å². The Morgan fingerprint density at radius 2 is 2.25 bits per heavy atom. The topological polar surface area (TPSA) is 108 Å². The second-order valence-corrected chi connectivity index (χ2v) is 4.50. The number of nitrogens with zero attached hydrogens (tertiary/aromatic N) is 2. The summed E-state index contributed by atoms with van der Waals surface area (Å²) in [6.45, 7) is 4.06. The van der Waals surface area contributed by atoms with Crippen molar-refractivity contribution in [1.82, 2.24) is 10.2 Å². The standard InChI is InChI=1S/C9H16N4O2S/c1-3-5(2)7(11)8-12-13-9(15-8)16-4-6(10)14/h5,7H,3-4,11H2,1-2H3,(H2,10,14)/t5?,7-/m0/s1. The summed E-state index contributed by atoms with van der Waals surface area (Å²) in [4.78, 5) is 10.6. The maximum Gasteiger partial charge on any atom is 0.277 e. The number of rotatable bonds is 6. The van der Waals surface area contributed by atoms with Crippen molar-refractivity contribution in [2.45, 2.75) is 31.5 Å². The maximum absolute atomic E-state index is 10.6. The molecule has 4 N–H and O–H groups in total. The normalized spacial score (nSPS) is 14.7. The lowest BCUT2D eigenvalue weighted by atomic mass is 10.0. The minimum atomic E-state index is -0.420. The van der Waals surface area contributed by atoms with E-state index in [1.54, 1.807) is 0 Å². The number of amides is 1. The summed E-state index contributed by atoms with van der Waals surface area (Å²) in [6, 6.07) is -0.263. The molecule has 2 atom stereocenters. The molecule has 0 spiro atoms. The minimum Gasteiger partial charge on any atom is -0.414 e. The van der Waals surface area contributed by atoms with E-state index in [-0.39, 0.29) is 17.7 Å². The van der Waals surface area contributed by atoms with Gasteiger partial charge in [0.2, 0.25) is 11.8 Å². The predicted octanol–water partition coefficient (Wildman–Crippen LogP) is 0.693. The highest BCUT2D eigenvalue weighted by atomic mass is 32.2. The zero-order valence-electron chi connectivity index (χ0n) is 9.34. The minimum absolute atomic E-state index is 0.125. The van der Waals surface area contributed by atoms with Crippen molar-refractivity contribution in [1.29, 1.82) is 0 Å². The SMILES string of the molecule is CCC(C)[C@H](N)c1nnc(SCC(N)=O)o1. The fraction of sp³-hybridized carbons (Fsp3) is 0.667. The summed E-state index contributed by atoms with van der Waals surface area (Å²) in [5, 5.41) is 7.96. The predicted molar refractivity (Wildman–Crippen MR) is 60.6 cm³/mol. The van der Waals surface area contributed by atoms with Crippen molar-refractivity contribution in [2.75, 3.05) is 5.75 Å². The van der Waals surface area contributed by atoms with Crippen molar-refractivity contribution in [3.05, 3.63) is 5.89 Å². The highest BCUT2D eigenvalue weighted by molar-refractivity contribution is 7.99. The molecule has 1 unspecified atom stereocenters. The molecular formula is C9H16N4O2S. The van der Waals surface area contributed by atoms with Crippen LogP contribution in [0.4, 0.5) is 0 Å². The van der Waals surface area contributed by atoms with Crippen LogP contribution in [-0.2, 0) is 4.79 Å². The molecule has 0 saturated carbocycles. The molecule has 0 aliphatic carbocycles. The van der Waals surface area contributed by atoms with Gasteiger partial charge >= 0.3 is 0 Å². The average Bonchev–Trinajstić information content (AvgIpc) is 2.72. The van der Waals surface area contributed by atoms with Gasteiger partial charge in [-0.05, 0) is 5.92 Å². The van der Waals surface area contributed by atoms with Gasteiger partial charge in [-0.2, -0.15) is 0 Å². The Balaban J connectivity index is 2.60. The first-order chi connectivity index (χ1) is 7.54. The second kappa shape index (κ2) is 5.86. The zero-order valence-corrected chi connectivity index (χ0v) is 10.2. The van der Waals surface area contributed by atoms with E-state index in [0.717, 1.165) is 18.2 Å². The number of primary amides is 1. The smallest absolute Gasteiger partial charge is 0.277 e. The van der Waals surface area contributed by atoms with E-state index in [1.165, 1.54) is 0 Å². The molecule has 7 heteroatoms. The second-order valence-electron chi connectivity index (χ2n) is 3.57. The molecule has 1 aromatic rings. The van der Waals surface area contributed by atoms with Crippen molar-refractivity contribution in [2.24, 2.45) is 17.4 Å². The largest absolute Gasteiger partial charge is 0.414 e. The molecular weight excluding hydrogens is 228 g/mol. The van der Waals surface area contributed by atoms with Gasteiger partial charge in [0, 0.05) is 0 Å². The zero-order chi connectivity index (χ0) is 12.1. The van der Waals surface area contributed by atoms with Gasteiger partial charge in [-0.3, -0.25) is 4.79 Å². The summed E-state index contributed by atoms with van der Waals surface area (Å²) in [7, 11) is 0. The van der Waals surface area contributed by atoms with Crippen LogP contribution in [0, 0.1) is 5.92 Å². The summed E-state index contributed by atoms with van der Waals surface area (Å²) in [5.74, 6) is 0.381. The van der Waals surface area contributed by atoms with Crippen molar-refractivity contribution in [3.63, 3.8) is 0 Å². The molecule has 0 saturated heterocycles. The van der Waals surface area contributed by atoms with Crippen LogP contribution in [0.1, 0.15) is 32.2 Å². The van der Waals surface area contributed by atoms with Crippen LogP contribution in [0.3, 0.4) is 0 Å². The number of thioether (sulfide) groups is 1. The Morgan fingerprint density at radius 1 is 1.56 bits per heavy atom. The molecule has 1 aromatic heterocycles. The summed E-state index contributed by atoms with van der Waals surface area (Å²) < 4.78 is 5.33. The first-order valence-corrected chi connectivity index (χ1v) is 6.03. The molecule has 0 aliphatic rings. The quantitative estimate of drug-likeness (QED) is 0.713. The van der Waals surface area contributed by atoms with E-state index in [2.05, 4.69) is 10.2 Å². The van der Waals surface area contributed by atoms with E-state index >= 15 is 0 Å². The van der Waals surface area contributed by atoms with Gasteiger partial charge in [0.05, 0.1) is 11.8 Å². The molecule has 0 radical (unpaired) electrons. The number of carbonyl (C=O) groups excluding carboxylic acids is 1. The molecule has 0 aromatic carbocycles. The van der Waals surface area contributed by atoms with Gasteiger partial charge in [0.1, 0.15) is 0 Å². The van der Waals surface area contributed by atoms with Gasteiger partial charge in [0.15, 0.2) is 0 Å². The molecule has 0 aliphatic heterocycles. The van der Waals surface area contributed by atoms with E-state index < -0.39 is 5.91 Å². The van der Waals surface area contributed by atoms with E-state index in [4.69, 9.17) is 15.9 Å². The molecule has 1 amide bonds. The number of hydrogen-bond donors (Lipinski definition) is 2. The summed E-state index contributed by atoms with van der Waals surface area (Å²) in [6.07, 6.45) is 0.938. The lowest BCUT2D eigenvalue weighted by Crippen LogP contribution is -2.18. The monoisotopic (exact) mass is 244 g/mol.